The predicted molar refractivity (Wildman–Crippen MR) is 83.6 cm³/mol. The quantitative estimate of drug-likeness (QED) is 0.613. The molecule has 0 saturated carbocycles. The normalized spacial score (nSPS) is 11.0. The molecular formula is C17H22O6. The summed E-state index contributed by atoms with van der Waals surface area (Å²) >= 11 is 0. The molecule has 1 aromatic carbocycles. The van der Waals surface area contributed by atoms with Crippen molar-refractivity contribution in [3.8, 4) is 5.75 Å². The first-order valence-corrected chi connectivity index (χ1v) is 7.30. The molecule has 1 N–H and O–H groups in total. The van der Waals surface area contributed by atoms with Crippen molar-refractivity contribution in [1.82, 2.24) is 0 Å². The largest absolute Gasteiger partial charge is 0.478 e. The van der Waals surface area contributed by atoms with Crippen LogP contribution in [0.15, 0.2) is 18.2 Å². The van der Waals surface area contributed by atoms with Gasteiger partial charge in [-0.3, -0.25) is 9.59 Å². The Morgan fingerprint density at radius 3 is 2.39 bits per heavy atom. The van der Waals surface area contributed by atoms with Crippen LogP contribution >= 0.6 is 0 Å². The van der Waals surface area contributed by atoms with Crippen molar-refractivity contribution >= 4 is 17.9 Å². The molecule has 0 aliphatic carbocycles. The van der Waals surface area contributed by atoms with Crippen LogP contribution in [0.5, 0.6) is 5.75 Å². The number of hydrogen-bond acceptors (Lipinski definition) is 5. The highest BCUT2D eigenvalue weighted by molar-refractivity contribution is 5.88. The third-order valence-electron chi connectivity index (χ3n) is 3.62. The van der Waals surface area contributed by atoms with Crippen LogP contribution in [0.1, 0.15) is 56.0 Å². The molecule has 6 heteroatoms. The first kappa shape index (κ1) is 18.7. The van der Waals surface area contributed by atoms with Crippen molar-refractivity contribution in [2.75, 3.05) is 7.11 Å². The van der Waals surface area contributed by atoms with Gasteiger partial charge < -0.3 is 14.6 Å². The third-order valence-corrected chi connectivity index (χ3v) is 3.62. The van der Waals surface area contributed by atoms with Gasteiger partial charge >= 0.3 is 17.9 Å². The number of carboxylic acids is 1. The highest BCUT2D eigenvalue weighted by Crippen LogP contribution is 2.36. The summed E-state index contributed by atoms with van der Waals surface area (Å²) in [6, 6.07) is 4.40. The Labute approximate surface area is 135 Å². The fraction of sp³-hybridized carbons (Fsp3) is 0.471. The zero-order chi connectivity index (χ0) is 17.6. The third kappa shape index (κ3) is 5.39. The van der Waals surface area contributed by atoms with Gasteiger partial charge in [0.15, 0.2) is 0 Å². The molecule has 23 heavy (non-hydrogen) atoms. The van der Waals surface area contributed by atoms with E-state index < -0.39 is 17.4 Å². The number of carbonyl (C=O) groups excluding carboxylic acids is 2. The van der Waals surface area contributed by atoms with E-state index in [0.29, 0.717) is 24.2 Å². The van der Waals surface area contributed by atoms with Gasteiger partial charge in [-0.05, 0) is 36.5 Å². The lowest BCUT2D eigenvalue weighted by atomic mass is 9.79. The summed E-state index contributed by atoms with van der Waals surface area (Å²) in [6.45, 7) is 5.12. The van der Waals surface area contributed by atoms with Gasteiger partial charge in [0, 0.05) is 18.9 Å². The van der Waals surface area contributed by atoms with E-state index in [1.165, 1.54) is 32.2 Å². The molecule has 0 aliphatic rings. The number of hydrogen-bond donors (Lipinski definition) is 1. The second-order valence-electron chi connectivity index (χ2n) is 5.92. The molecule has 0 radical (unpaired) electrons. The summed E-state index contributed by atoms with van der Waals surface area (Å²) in [5.41, 5.74) is 0.277. The first-order chi connectivity index (χ1) is 10.7. The molecule has 0 unspecified atom stereocenters. The van der Waals surface area contributed by atoms with E-state index in [-0.39, 0.29) is 18.0 Å². The van der Waals surface area contributed by atoms with Crippen molar-refractivity contribution in [3.63, 3.8) is 0 Å². The first-order valence-electron chi connectivity index (χ1n) is 7.30. The number of carboxylic acid groups (broad SMARTS) is 1. The smallest absolute Gasteiger partial charge is 0.335 e. The minimum Gasteiger partial charge on any atom is -0.478 e. The minimum absolute atomic E-state index is 0.122. The lowest BCUT2D eigenvalue weighted by Crippen LogP contribution is -2.21. The highest BCUT2D eigenvalue weighted by Gasteiger charge is 2.26. The molecule has 0 fully saturated rings. The lowest BCUT2D eigenvalue weighted by Gasteiger charge is -2.27. The Morgan fingerprint density at radius 1 is 1.22 bits per heavy atom. The summed E-state index contributed by atoms with van der Waals surface area (Å²) in [6.07, 6.45) is 1.47. The van der Waals surface area contributed by atoms with Crippen LogP contribution in [0, 0.1) is 0 Å². The number of esters is 2. The summed E-state index contributed by atoms with van der Waals surface area (Å²) in [5, 5.41) is 9.16. The average molecular weight is 322 g/mol. The van der Waals surface area contributed by atoms with E-state index in [1.807, 2.05) is 13.8 Å². The Bertz CT molecular complexity index is 603. The second kappa shape index (κ2) is 7.76. The Kier molecular flexibility index (Phi) is 6.30. The van der Waals surface area contributed by atoms with E-state index in [2.05, 4.69) is 4.74 Å². The number of ether oxygens (including phenoxy) is 2. The minimum atomic E-state index is -1.05. The number of aromatic carboxylic acids is 1. The zero-order valence-electron chi connectivity index (χ0n) is 13.8. The van der Waals surface area contributed by atoms with Crippen LogP contribution in [-0.4, -0.2) is 30.1 Å². The summed E-state index contributed by atoms with van der Waals surface area (Å²) in [5.74, 6) is -1.48. The van der Waals surface area contributed by atoms with Crippen molar-refractivity contribution in [2.45, 2.75) is 45.4 Å². The molecule has 0 heterocycles. The van der Waals surface area contributed by atoms with Crippen LogP contribution < -0.4 is 4.74 Å². The van der Waals surface area contributed by atoms with Gasteiger partial charge in [-0.25, -0.2) is 4.79 Å². The molecule has 1 rings (SSSR count). The maximum Gasteiger partial charge on any atom is 0.335 e. The molecule has 0 bridgehead atoms. The van der Waals surface area contributed by atoms with Crippen LogP contribution in [0.3, 0.4) is 0 Å². The van der Waals surface area contributed by atoms with Gasteiger partial charge in [-0.2, -0.15) is 0 Å². The molecule has 0 saturated heterocycles. The highest BCUT2D eigenvalue weighted by atomic mass is 16.5. The van der Waals surface area contributed by atoms with Gasteiger partial charge in [0.1, 0.15) is 5.75 Å². The average Bonchev–Trinajstić information content (AvgIpc) is 2.46. The van der Waals surface area contributed by atoms with Gasteiger partial charge in [0.25, 0.3) is 0 Å². The van der Waals surface area contributed by atoms with E-state index in [4.69, 9.17) is 9.84 Å². The Hall–Kier alpha value is -2.37. The van der Waals surface area contributed by atoms with Crippen LogP contribution in [0.25, 0.3) is 0 Å². The van der Waals surface area contributed by atoms with Crippen molar-refractivity contribution in [1.29, 1.82) is 0 Å². The molecule has 0 aromatic heterocycles. The number of rotatable bonds is 7. The number of methoxy groups -OCH3 is 1. The summed E-state index contributed by atoms with van der Waals surface area (Å²) in [4.78, 5) is 33.7. The predicted octanol–water partition coefficient (Wildman–Crippen LogP) is 2.93. The fourth-order valence-corrected chi connectivity index (χ4v) is 2.35. The Balaban J connectivity index is 3.08. The maximum atomic E-state index is 11.3. The standard InChI is InChI=1S/C17H22O6/c1-11(18)23-14-8-7-12(16(20)21)10-13(14)17(2,3)9-5-6-15(19)22-4/h7-8,10H,5-6,9H2,1-4H3,(H,20,21). The van der Waals surface area contributed by atoms with Crippen LogP contribution in [-0.2, 0) is 19.7 Å². The van der Waals surface area contributed by atoms with E-state index in [9.17, 15) is 14.4 Å². The Morgan fingerprint density at radius 2 is 1.87 bits per heavy atom. The second-order valence-corrected chi connectivity index (χ2v) is 5.92. The van der Waals surface area contributed by atoms with Crippen molar-refractivity contribution < 1.29 is 29.0 Å². The number of carbonyl (C=O) groups is 3. The molecular weight excluding hydrogens is 300 g/mol. The molecule has 0 atom stereocenters. The monoisotopic (exact) mass is 322 g/mol. The SMILES string of the molecule is COC(=O)CCCC(C)(C)c1cc(C(=O)O)ccc1OC(C)=O. The van der Waals surface area contributed by atoms with E-state index >= 15 is 0 Å². The zero-order valence-corrected chi connectivity index (χ0v) is 13.8. The van der Waals surface area contributed by atoms with Gasteiger partial charge in [0.2, 0.25) is 0 Å². The van der Waals surface area contributed by atoms with Crippen molar-refractivity contribution in [3.05, 3.63) is 29.3 Å². The topological polar surface area (TPSA) is 89.9 Å². The van der Waals surface area contributed by atoms with E-state index in [1.54, 1.807) is 0 Å². The summed E-state index contributed by atoms with van der Waals surface area (Å²) in [7, 11) is 1.34. The molecule has 6 nitrogen and oxygen atoms in total. The van der Waals surface area contributed by atoms with Crippen LogP contribution in [0.4, 0.5) is 0 Å². The molecule has 1 aromatic rings. The molecule has 126 valence electrons. The molecule has 0 spiro atoms. The van der Waals surface area contributed by atoms with Gasteiger partial charge in [-0.15, -0.1) is 0 Å². The maximum absolute atomic E-state index is 11.3. The lowest BCUT2D eigenvalue weighted by molar-refractivity contribution is -0.140. The van der Waals surface area contributed by atoms with Gasteiger partial charge in [0.05, 0.1) is 12.7 Å². The fourth-order valence-electron chi connectivity index (χ4n) is 2.35. The van der Waals surface area contributed by atoms with E-state index in [0.717, 1.165) is 0 Å². The molecule has 0 amide bonds. The molecule has 0 aliphatic heterocycles. The summed E-state index contributed by atoms with van der Waals surface area (Å²) < 4.78 is 9.80. The van der Waals surface area contributed by atoms with Gasteiger partial charge in [-0.1, -0.05) is 13.8 Å². The number of benzene rings is 1. The van der Waals surface area contributed by atoms with Crippen molar-refractivity contribution in [2.24, 2.45) is 0 Å². The van der Waals surface area contributed by atoms with Crippen LogP contribution in [0.2, 0.25) is 0 Å².